The van der Waals surface area contributed by atoms with Crippen molar-refractivity contribution in [1.82, 2.24) is 9.78 Å². The minimum Gasteiger partial charge on any atom is -0.368 e. The standard InChI is InChI=1S/C22H21BrN4O3/c1-14-11-20(27(26-14)18-8-3-6-16(23)13-18)25-21(28)15-5-2-7-17(12-15)24-22(29)19-9-4-10-30-19/h2-3,5-8,11-13,19H,4,9-10H2,1H3,(H,24,29)(H,25,28). The van der Waals surface area contributed by atoms with Crippen LogP contribution >= 0.6 is 15.9 Å². The summed E-state index contributed by atoms with van der Waals surface area (Å²) < 4.78 is 8.00. The fourth-order valence-corrected chi connectivity index (χ4v) is 3.71. The molecule has 1 aliphatic rings. The maximum atomic E-state index is 12.9. The number of aryl methyl sites for hydroxylation is 1. The lowest BCUT2D eigenvalue weighted by Gasteiger charge is -2.12. The Morgan fingerprint density at radius 3 is 2.73 bits per heavy atom. The molecule has 154 valence electrons. The van der Waals surface area contributed by atoms with Gasteiger partial charge in [0.2, 0.25) is 0 Å². The molecule has 0 saturated carbocycles. The predicted octanol–water partition coefficient (Wildman–Crippen LogP) is 4.31. The third-order valence-corrected chi connectivity index (χ3v) is 5.23. The highest BCUT2D eigenvalue weighted by Gasteiger charge is 2.23. The van der Waals surface area contributed by atoms with Gasteiger partial charge >= 0.3 is 0 Å². The van der Waals surface area contributed by atoms with Gasteiger partial charge < -0.3 is 15.4 Å². The molecule has 0 aliphatic carbocycles. The molecule has 7 nitrogen and oxygen atoms in total. The van der Waals surface area contributed by atoms with Gasteiger partial charge in [-0.15, -0.1) is 0 Å². The molecule has 0 bridgehead atoms. The molecular weight excluding hydrogens is 448 g/mol. The molecule has 0 spiro atoms. The van der Waals surface area contributed by atoms with Crippen molar-refractivity contribution in [1.29, 1.82) is 0 Å². The van der Waals surface area contributed by atoms with E-state index < -0.39 is 6.10 Å². The second kappa shape index (κ2) is 8.81. The summed E-state index contributed by atoms with van der Waals surface area (Å²) in [5.74, 6) is 0.0807. The topological polar surface area (TPSA) is 85.3 Å². The van der Waals surface area contributed by atoms with E-state index in [4.69, 9.17) is 4.74 Å². The molecular formula is C22H21BrN4O3. The van der Waals surface area contributed by atoms with Crippen LogP contribution < -0.4 is 10.6 Å². The Morgan fingerprint density at radius 2 is 1.97 bits per heavy atom. The van der Waals surface area contributed by atoms with Crippen LogP contribution in [-0.4, -0.2) is 34.3 Å². The third-order valence-electron chi connectivity index (χ3n) is 4.74. The highest BCUT2D eigenvalue weighted by Crippen LogP contribution is 2.22. The van der Waals surface area contributed by atoms with Gasteiger partial charge in [-0.3, -0.25) is 9.59 Å². The Morgan fingerprint density at radius 1 is 1.13 bits per heavy atom. The molecule has 30 heavy (non-hydrogen) atoms. The van der Waals surface area contributed by atoms with Gasteiger partial charge in [-0.25, -0.2) is 4.68 Å². The van der Waals surface area contributed by atoms with Crippen LogP contribution in [0.5, 0.6) is 0 Å². The van der Waals surface area contributed by atoms with Gasteiger partial charge in [0.1, 0.15) is 11.9 Å². The average Bonchev–Trinajstić information content (AvgIpc) is 3.38. The summed E-state index contributed by atoms with van der Waals surface area (Å²) in [6, 6.07) is 16.3. The zero-order chi connectivity index (χ0) is 21.1. The van der Waals surface area contributed by atoms with Crippen molar-refractivity contribution >= 4 is 39.2 Å². The molecule has 2 amide bonds. The highest BCUT2D eigenvalue weighted by molar-refractivity contribution is 9.10. The SMILES string of the molecule is Cc1cc(NC(=O)c2cccc(NC(=O)C3CCCO3)c2)n(-c2cccc(Br)c2)n1. The summed E-state index contributed by atoms with van der Waals surface area (Å²) >= 11 is 3.46. The zero-order valence-corrected chi connectivity index (χ0v) is 18.0. The fourth-order valence-electron chi connectivity index (χ4n) is 3.33. The molecule has 1 atom stereocenters. The van der Waals surface area contributed by atoms with Crippen molar-refractivity contribution < 1.29 is 14.3 Å². The molecule has 1 saturated heterocycles. The van der Waals surface area contributed by atoms with Crippen LogP contribution in [0.15, 0.2) is 59.1 Å². The summed E-state index contributed by atoms with van der Waals surface area (Å²) in [6.07, 6.45) is 1.17. The molecule has 2 N–H and O–H groups in total. The first-order chi connectivity index (χ1) is 14.5. The van der Waals surface area contributed by atoms with Crippen molar-refractivity contribution in [3.63, 3.8) is 0 Å². The molecule has 2 aromatic carbocycles. The lowest BCUT2D eigenvalue weighted by molar-refractivity contribution is -0.124. The van der Waals surface area contributed by atoms with Gasteiger partial charge in [0.15, 0.2) is 0 Å². The van der Waals surface area contributed by atoms with Crippen molar-refractivity contribution in [3.8, 4) is 5.69 Å². The first-order valence-corrected chi connectivity index (χ1v) is 10.5. The molecule has 1 fully saturated rings. The van der Waals surface area contributed by atoms with Gasteiger partial charge in [-0.2, -0.15) is 5.10 Å². The van der Waals surface area contributed by atoms with Crippen LogP contribution in [0.2, 0.25) is 0 Å². The normalized spacial score (nSPS) is 15.7. The lowest BCUT2D eigenvalue weighted by Crippen LogP contribution is -2.27. The van der Waals surface area contributed by atoms with Crippen molar-refractivity contribution in [2.75, 3.05) is 17.2 Å². The predicted molar refractivity (Wildman–Crippen MR) is 118 cm³/mol. The maximum Gasteiger partial charge on any atom is 0.256 e. The number of benzene rings is 2. The average molecular weight is 469 g/mol. The molecule has 3 aromatic rings. The van der Waals surface area contributed by atoms with Crippen LogP contribution in [0.3, 0.4) is 0 Å². The summed E-state index contributed by atoms with van der Waals surface area (Å²) in [4.78, 5) is 25.1. The number of carbonyl (C=O) groups is 2. The second-order valence-electron chi connectivity index (χ2n) is 7.09. The van der Waals surface area contributed by atoms with Crippen molar-refractivity contribution in [2.45, 2.75) is 25.9 Å². The number of amides is 2. The third kappa shape index (κ3) is 4.60. The molecule has 2 heterocycles. The summed E-state index contributed by atoms with van der Waals surface area (Å²) in [5.41, 5.74) is 2.59. The first kappa shape index (κ1) is 20.3. The Kier molecular flexibility index (Phi) is 5.96. The monoisotopic (exact) mass is 468 g/mol. The van der Waals surface area contributed by atoms with Gasteiger partial charge in [0, 0.05) is 28.4 Å². The van der Waals surface area contributed by atoms with E-state index >= 15 is 0 Å². The lowest BCUT2D eigenvalue weighted by atomic mass is 10.1. The van der Waals surface area contributed by atoms with Crippen LogP contribution in [0.25, 0.3) is 5.69 Å². The molecule has 1 aliphatic heterocycles. The number of halogens is 1. The summed E-state index contributed by atoms with van der Waals surface area (Å²) in [5, 5.41) is 10.2. The number of nitrogens with one attached hydrogen (secondary N) is 2. The van der Waals surface area contributed by atoms with Crippen LogP contribution in [0.1, 0.15) is 28.9 Å². The Bertz CT molecular complexity index is 1090. The van der Waals surface area contributed by atoms with Crippen molar-refractivity contribution in [3.05, 3.63) is 70.3 Å². The number of ether oxygens (including phenoxy) is 1. The number of nitrogens with zero attached hydrogens (tertiary/aromatic N) is 2. The largest absolute Gasteiger partial charge is 0.368 e. The molecule has 8 heteroatoms. The Labute approximate surface area is 182 Å². The Hall–Kier alpha value is -2.97. The van der Waals surface area contributed by atoms with Gasteiger partial charge in [0.25, 0.3) is 11.8 Å². The zero-order valence-electron chi connectivity index (χ0n) is 16.4. The Balaban J connectivity index is 1.51. The summed E-state index contributed by atoms with van der Waals surface area (Å²) in [7, 11) is 0. The van der Waals surface area contributed by atoms with Crippen LogP contribution in [-0.2, 0) is 9.53 Å². The van der Waals surface area contributed by atoms with Gasteiger partial charge in [-0.1, -0.05) is 28.1 Å². The number of hydrogen-bond acceptors (Lipinski definition) is 4. The summed E-state index contributed by atoms with van der Waals surface area (Å²) in [6.45, 7) is 2.47. The number of hydrogen-bond donors (Lipinski definition) is 2. The van der Waals surface area contributed by atoms with E-state index in [-0.39, 0.29) is 11.8 Å². The van der Waals surface area contributed by atoms with Gasteiger partial charge in [0.05, 0.1) is 11.4 Å². The highest BCUT2D eigenvalue weighted by atomic mass is 79.9. The van der Waals surface area contributed by atoms with E-state index in [1.165, 1.54) is 0 Å². The van der Waals surface area contributed by atoms with E-state index in [0.29, 0.717) is 30.1 Å². The van der Waals surface area contributed by atoms with Gasteiger partial charge in [-0.05, 0) is 56.2 Å². The van der Waals surface area contributed by atoms with E-state index in [0.717, 1.165) is 22.3 Å². The molecule has 1 unspecified atom stereocenters. The van der Waals surface area contributed by atoms with E-state index in [1.807, 2.05) is 37.3 Å². The molecule has 1 aromatic heterocycles. The van der Waals surface area contributed by atoms with E-state index in [1.54, 1.807) is 28.9 Å². The maximum absolute atomic E-state index is 12.9. The van der Waals surface area contributed by atoms with Crippen LogP contribution in [0, 0.1) is 6.92 Å². The number of anilines is 2. The first-order valence-electron chi connectivity index (χ1n) is 9.66. The number of rotatable bonds is 5. The molecule has 0 radical (unpaired) electrons. The second-order valence-corrected chi connectivity index (χ2v) is 8.00. The quantitative estimate of drug-likeness (QED) is 0.583. The van der Waals surface area contributed by atoms with E-state index in [2.05, 4.69) is 31.7 Å². The number of aromatic nitrogens is 2. The molecule has 4 rings (SSSR count). The smallest absolute Gasteiger partial charge is 0.256 e. The number of carbonyl (C=O) groups excluding carboxylic acids is 2. The fraction of sp³-hybridized carbons (Fsp3) is 0.227. The van der Waals surface area contributed by atoms with Crippen LogP contribution in [0.4, 0.5) is 11.5 Å². The van der Waals surface area contributed by atoms with Crippen molar-refractivity contribution in [2.24, 2.45) is 0 Å². The minimum atomic E-state index is -0.426. The van der Waals surface area contributed by atoms with E-state index in [9.17, 15) is 9.59 Å². The minimum absolute atomic E-state index is 0.187.